The topological polar surface area (TPSA) is 48.5 Å². The number of hydrogen-bond donors (Lipinski definition) is 0. The molecule has 12 aromatic rings. The quantitative estimate of drug-likeness (QED) is 0.171. The smallest absolute Gasteiger partial charge is 0.138 e. The summed E-state index contributed by atoms with van der Waals surface area (Å²) < 4.78 is 4.72. The molecule has 4 aromatic heterocycles. The minimum Gasteiger partial charge on any atom is -0.309 e. The van der Waals surface area contributed by atoms with Crippen molar-refractivity contribution >= 4 is 76.2 Å². The number of rotatable bonds is 4. The Morgan fingerprint density at radius 3 is 1.84 bits per heavy atom. The lowest BCUT2D eigenvalue weighted by atomic mass is 10.0. The Balaban J connectivity index is 1.11. The lowest BCUT2D eigenvalue weighted by Gasteiger charge is -2.12. The summed E-state index contributed by atoms with van der Waals surface area (Å²) >= 11 is 0. The largest absolute Gasteiger partial charge is 0.309 e. The first-order valence-corrected chi connectivity index (χ1v) is 18.9. The second-order valence-corrected chi connectivity index (χ2v) is 14.5. The van der Waals surface area contributed by atoms with Crippen LogP contribution in [0, 0.1) is 0 Å². The predicted octanol–water partition coefficient (Wildman–Crippen LogP) is 12.9. The van der Waals surface area contributed by atoms with Gasteiger partial charge in [0.25, 0.3) is 0 Å². The molecular weight excluding hydrogens is 683 g/mol. The molecule has 0 aliphatic heterocycles. The van der Waals surface area contributed by atoms with E-state index >= 15 is 0 Å². The Labute approximate surface area is 321 Å². The van der Waals surface area contributed by atoms with Gasteiger partial charge < -0.3 is 4.57 Å². The molecule has 8 aromatic carbocycles. The zero-order chi connectivity index (χ0) is 36.7. The van der Waals surface area contributed by atoms with Crippen LogP contribution in [0.3, 0.4) is 0 Å². The van der Waals surface area contributed by atoms with Crippen molar-refractivity contribution in [1.82, 2.24) is 24.1 Å². The van der Waals surface area contributed by atoms with Crippen molar-refractivity contribution in [2.24, 2.45) is 0 Å². The van der Waals surface area contributed by atoms with Crippen LogP contribution in [0.4, 0.5) is 0 Å². The average molecular weight is 714 g/mol. The van der Waals surface area contributed by atoms with E-state index in [1.807, 2.05) is 12.4 Å². The van der Waals surface area contributed by atoms with Gasteiger partial charge in [-0.1, -0.05) is 115 Å². The molecule has 0 aliphatic carbocycles. The van der Waals surface area contributed by atoms with Crippen LogP contribution >= 0.6 is 0 Å². The second-order valence-electron chi connectivity index (χ2n) is 14.5. The summed E-state index contributed by atoms with van der Waals surface area (Å²) in [5, 5.41) is 9.51. The Bertz CT molecular complexity index is 3540. The number of benzene rings is 8. The molecule has 0 bridgehead atoms. The molecule has 0 radical (unpaired) electrons. The van der Waals surface area contributed by atoms with Gasteiger partial charge in [-0.3, -0.25) is 9.55 Å². The van der Waals surface area contributed by atoms with Crippen LogP contribution in [0.25, 0.3) is 110 Å². The highest BCUT2D eigenvalue weighted by Gasteiger charge is 2.19. The first-order valence-electron chi connectivity index (χ1n) is 18.9. The highest BCUT2D eigenvalue weighted by Crippen LogP contribution is 2.39. The van der Waals surface area contributed by atoms with Gasteiger partial charge in [-0.15, -0.1) is 0 Å². The summed E-state index contributed by atoms with van der Waals surface area (Å²) in [4.78, 5) is 15.0. The van der Waals surface area contributed by atoms with Gasteiger partial charge in [0.05, 0.1) is 45.0 Å². The van der Waals surface area contributed by atoms with Crippen LogP contribution in [-0.2, 0) is 0 Å². The molecule has 12 rings (SSSR count). The molecule has 0 aliphatic rings. The van der Waals surface area contributed by atoms with Gasteiger partial charge >= 0.3 is 0 Å². The minimum absolute atomic E-state index is 0.844. The summed E-state index contributed by atoms with van der Waals surface area (Å²) in [5.74, 6) is 0.882. The molecule has 0 saturated carbocycles. The molecule has 4 heterocycles. The van der Waals surface area contributed by atoms with Gasteiger partial charge in [-0.05, 0) is 93.3 Å². The fraction of sp³-hybridized carbons (Fsp3) is 0. The van der Waals surface area contributed by atoms with Gasteiger partial charge in [0.2, 0.25) is 0 Å². The zero-order valence-corrected chi connectivity index (χ0v) is 30.1. The average Bonchev–Trinajstić information content (AvgIpc) is 3.76. The third-order valence-corrected chi connectivity index (χ3v) is 11.3. The summed E-state index contributed by atoms with van der Waals surface area (Å²) in [6, 6.07) is 62.9. The highest BCUT2D eigenvalue weighted by molar-refractivity contribution is 6.15. The lowest BCUT2D eigenvalue weighted by Crippen LogP contribution is -1.99. The predicted molar refractivity (Wildman–Crippen MR) is 232 cm³/mol. The zero-order valence-electron chi connectivity index (χ0n) is 30.1. The monoisotopic (exact) mass is 713 g/mol. The fourth-order valence-electron chi connectivity index (χ4n) is 8.67. The molecule has 260 valence electrons. The summed E-state index contributed by atoms with van der Waals surface area (Å²) in [6.07, 6.45) is 3.82. The third kappa shape index (κ3) is 4.71. The van der Waals surface area contributed by atoms with Crippen molar-refractivity contribution in [3.8, 4) is 33.9 Å². The number of aromatic nitrogens is 5. The van der Waals surface area contributed by atoms with E-state index in [1.54, 1.807) is 0 Å². The lowest BCUT2D eigenvalue weighted by molar-refractivity contribution is 1.08. The van der Waals surface area contributed by atoms with Crippen LogP contribution in [0.2, 0.25) is 0 Å². The molecule has 0 unspecified atom stereocenters. The number of nitrogens with zero attached hydrogens (tertiary/aromatic N) is 5. The number of fused-ring (bicyclic) bond motifs is 9. The van der Waals surface area contributed by atoms with Gasteiger partial charge in [-0.25, -0.2) is 9.97 Å². The first-order chi connectivity index (χ1) is 27.7. The van der Waals surface area contributed by atoms with E-state index in [9.17, 15) is 0 Å². The minimum atomic E-state index is 0.844. The standard InChI is InChI=1S/C51H31N5/c1-2-10-32(11-3-1)37-22-23-52-51(29-37)56-47-17-9-8-16-40(47)41-21-19-39(30-50(41)56)55-48-28-38(18-20-42(48)43-24-33-12-4-7-15-36(33)27-49(43)55)46-31-53-44-25-34-13-5-6-14-35(34)26-45(44)54-46/h1-31H. The first kappa shape index (κ1) is 30.8. The molecule has 0 amide bonds. The Hall–Kier alpha value is -7.63. The number of para-hydroxylation sites is 1. The van der Waals surface area contributed by atoms with E-state index in [1.165, 1.54) is 32.3 Å². The Kier molecular flexibility index (Phi) is 6.56. The van der Waals surface area contributed by atoms with Gasteiger partial charge in [0.1, 0.15) is 5.82 Å². The van der Waals surface area contributed by atoms with Crippen molar-refractivity contribution in [2.45, 2.75) is 0 Å². The molecule has 5 nitrogen and oxygen atoms in total. The Morgan fingerprint density at radius 1 is 0.357 bits per heavy atom. The molecule has 0 saturated heterocycles. The van der Waals surface area contributed by atoms with Crippen LogP contribution < -0.4 is 0 Å². The molecule has 0 spiro atoms. The van der Waals surface area contributed by atoms with Gasteiger partial charge in [0.15, 0.2) is 0 Å². The van der Waals surface area contributed by atoms with Crippen LogP contribution in [-0.4, -0.2) is 24.1 Å². The molecule has 0 fully saturated rings. The van der Waals surface area contributed by atoms with E-state index in [0.29, 0.717) is 0 Å². The SMILES string of the molecule is c1ccc(-c2ccnc(-n3c4ccccc4c4ccc(-n5c6cc(-c7cnc8cc9ccccc9cc8n7)ccc6c6cc7ccccc7cc65)cc43)c2)cc1. The van der Waals surface area contributed by atoms with E-state index < -0.39 is 0 Å². The summed E-state index contributed by atoms with van der Waals surface area (Å²) in [5.41, 5.74) is 11.5. The molecule has 56 heavy (non-hydrogen) atoms. The molecule has 5 heteroatoms. The maximum Gasteiger partial charge on any atom is 0.138 e. The van der Waals surface area contributed by atoms with Crippen molar-refractivity contribution in [1.29, 1.82) is 0 Å². The normalized spacial score (nSPS) is 11.9. The third-order valence-electron chi connectivity index (χ3n) is 11.3. The number of pyridine rings is 1. The highest BCUT2D eigenvalue weighted by atomic mass is 15.1. The maximum absolute atomic E-state index is 5.16. The molecule has 0 N–H and O–H groups in total. The molecule has 0 atom stereocenters. The van der Waals surface area contributed by atoms with Crippen molar-refractivity contribution in [3.05, 3.63) is 188 Å². The van der Waals surface area contributed by atoms with Gasteiger partial charge in [-0.2, -0.15) is 0 Å². The van der Waals surface area contributed by atoms with Crippen molar-refractivity contribution < 1.29 is 0 Å². The summed E-state index contributed by atoms with van der Waals surface area (Å²) in [7, 11) is 0. The van der Waals surface area contributed by atoms with E-state index in [2.05, 4.69) is 185 Å². The van der Waals surface area contributed by atoms with Crippen molar-refractivity contribution in [3.63, 3.8) is 0 Å². The van der Waals surface area contributed by atoms with E-state index in [-0.39, 0.29) is 0 Å². The van der Waals surface area contributed by atoms with Crippen LogP contribution in [0.1, 0.15) is 0 Å². The Morgan fingerprint density at radius 2 is 1.00 bits per heavy atom. The second kappa shape index (κ2) is 11.9. The van der Waals surface area contributed by atoms with Crippen LogP contribution in [0.15, 0.2) is 188 Å². The van der Waals surface area contributed by atoms with Crippen molar-refractivity contribution in [2.75, 3.05) is 0 Å². The number of hydrogen-bond acceptors (Lipinski definition) is 3. The van der Waals surface area contributed by atoms with E-state index in [4.69, 9.17) is 15.0 Å². The fourth-order valence-corrected chi connectivity index (χ4v) is 8.67. The summed E-state index contributed by atoms with van der Waals surface area (Å²) in [6.45, 7) is 0. The molecular formula is C51H31N5. The van der Waals surface area contributed by atoms with E-state index in [0.717, 1.165) is 77.8 Å². The van der Waals surface area contributed by atoms with Gasteiger partial charge in [0, 0.05) is 39.0 Å². The van der Waals surface area contributed by atoms with Crippen LogP contribution in [0.5, 0.6) is 0 Å². The maximum atomic E-state index is 5.16.